The van der Waals surface area contributed by atoms with Gasteiger partial charge in [-0.25, -0.2) is 8.78 Å². The summed E-state index contributed by atoms with van der Waals surface area (Å²) in [7, 11) is 2.46. The number of pyridine rings is 1. The zero-order valence-corrected chi connectivity index (χ0v) is 19.5. The Morgan fingerprint density at radius 3 is 2.60 bits per heavy atom. The molecule has 0 saturated carbocycles. The monoisotopic (exact) mass is 484 g/mol. The van der Waals surface area contributed by atoms with E-state index in [1.165, 1.54) is 20.3 Å². The van der Waals surface area contributed by atoms with E-state index in [2.05, 4.69) is 16.9 Å². The molecule has 0 radical (unpaired) electrons. The molecule has 2 heterocycles. The van der Waals surface area contributed by atoms with E-state index >= 15 is 0 Å². The third-order valence-electron chi connectivity index (χ3n) is 6.34. The molecular formula is C26H26F2N2O5. The molecule has 1 amide bonds. The number of halogens is 2. The molecule has 1 aromatic carbocycles. The Hall–Kier alpha value is -3.59. The predicted octanol–water partition coefficient (Wildman–Crippen LogP) is 3.45. The van der Waals surface area contributed by atoms with Crippen LogP contribution in [-0.4, -0.2) is 50.1 Å². The number of nitrogens with zero attached hydrogens (tertiary/aromatic N) is 1. The predicted molar refractivity (Wildman–Crippen MR) is 124 cm³/mol. The molecule has 184 valence electrons. The molecule has 1 N–H and O–H groups in total. The number of aromatic nitrogens is 1. The van der Waals surface area contributed by atoms with Crippen molar-refractivity contribution in [3.63, 3.8) is 0 Å². The third-order valence-corrected chi connectivity index (χ3v) is 6.34. The summed E-state index contributed by atoms with van der Waals surface area (Å²) in [4.78, 5) is 29.4. The molecular weight excluding hydrogens is 458 g/mol. The molecule has 1 aliphatic heterocycles. The van der Waals surface area contributed by atoms with Gasteiger partial charge in [0.15, 0.2) is 28.9 Å². The number of carbonyl (C=O) groups excluding carboxylic acids is 2. The lowest BCUT2D eigenvalue weighted by molar-refractivity contribution is -0.118. The van der Waals surface area contributed by atoms with Gasteiger partial charge in [0.05, 0.1) is 20.8 Å². The Kier molecular flexibility index (Phi) is 7.25. The molecule has 7 nitrogen and oxygen atoms in total. The van der Waals surface area contributed by atoms with Gasteiger partial charge in [-0.1, -0.05) is 6.58 Å². The highest BCUT2D eigenvalue weighted by Crippen LogP contribution is 2.35. The first-order chi connectivity index (χ1) is 16.9. The van der Waals surface area contributed by atoms with E-state index in [0.29, 0.717) is 26.1 Å². The quantitative estimate of drug-likeness (QED) is 0.456. The maximum atomic E-state index is 14.8. The van der Waals surface area contributed by atoms with E-state index in [4.69, 9.17) is 14.2 Å². The van der Waals surface area contributed by atoms with E-state index < -0.39 is 23.0 Å². The first-order valence-electron chi connectivity index (χ1n) is 11.2. The van der Waals surface area contributed by atoms with E-state index in [9.17, 15) is 18.4 Å². The minimum Gasteiger partial charge on any atom is -0.494 e. The number of ketones is 1. The van der Waals surface area contributed by atoms with Gasteiger partial charge in [-0.15, -0.1) is 0 Å². The van der Waals surface area contributed by atoms with Crippen LogP contribution >= 0.6 is 0 Å². The maximum Gasteiger partial charge on any atom is 0.243 e. The highest BCUT2D eigenvalue weighted by atomic mass is 19.1. The van der Waals surface area contributed by atoms with Crippen LogP contribution in [0.3, 0.4) is 0 Å². The fourth-order valence-electron chi connectivity index (χ4n) is 4.47. The van der Waals surface area contributed by atoms with Crippen LogP contribution in [0.2, 0.25) is 0 Å². The molecule has 2 aromatic rings. The van der Waals surface area contributed by atoms with Crippen molar-refractivity contribution < 1.29 is 32.6 Å². The van der Waals surface area contributed by atoms with Gasteiger partial charge in [0.2, 0.25) is 5.91 Å². The number of benzene rings is 1. The SMILES string of the molecule is C=CC(=O)NC1CCOCC1Cc1cc2c(cn1)CC(C(=O)c1c(F)c(OC)cc(OC)c1F)=C2. The minimum atomic E-state index is -1.07. The summed E-state index contributed by atoms with van der Waals surface area (Å²) >= 11 is 0. The number of fused-ring (bicyclic) bond motifs is 1. The summed E-state index contributed by atoms with van der Waals surface area (Å²) in [6.45, 7) is 4.54. The summed E-state index contributed by atoms with van der Waals surface area (Å²) in [6.07, 6.45) is 5.98. The average Bonchev–Trinajstić information content (AvgIpc) is 3.29. The summed E-state index contributed by atoms with van der Waals surface area (Å²) in [6, 6.07) is 2.86. The summed E-state index contributed by atoms with van der Waals surface area (Å²) in [5.74, 6) is -3.69. The van der Waals surface area contributed by atoms with Gasteiger partial charge in [0.1, 0.15) is 5.56 Å². The lowest BCUT2D eigenvalue weighted by atomic mass is 9.90. The third kappa shape index (κ3) is 4.95. The lowest BCUT2D eigenvalue weighted by Crippen LogP contribution is -2.45. The Morgan fingerprint density at radius 1 is 1.23 bits per heavy atom. The summed E-state index contributed by atoms with van der Waals surface area (Å²) in [5.41, 5.74) is 1.84. The van der Waals surface area contributed by atoms with Crippen molar-refractivity contribution in [2.45, 2.75) is 25.3 Å². The van der Waals surface area contributed by atoms with Crippen molar-refractivity contribution in [3.05, 3.63) is 70.6 Å². The lowest BCUT2D eigenvalue weighted by Gasteiger charge is -2.31. The van der Waals surface area contributed by atoms with Crippen LogP contribution in [0.25, 0.3) is 6.08 Å². The molecule has 1 aromatic heterocycles. The van der Waals surface area contributed by atoms with Crippen LogP contribution < -0.4 is 14.8 Å². The van der Waals surface area contributed by atoms with E-state index in [1.807, 2.05) is 6.07 Å². The van der Waals surface area contributed by atoms with Gasteiger partial charge in [-0.2, -0.15) is 0 Å². The molecule has 1 fully saturated rings. The number of Topliss-reactive ketones (excluding diaryl/α,β-unsaturated/α-hetero) is 1. The Bertz CT molecular complexity index is 1180. The second-order valence-corrected chi connectivity index (χ2v) is 8.48. The molecule has 2 unspecified atom stereocenters. The average molecular weight is 484 g/mol. The number of carbonyl (C=O) groups is 2. The molecule has 2 aliphatic rings. The van der Waals surface area contributed by atoms with Gasteiger partial charge in [-0.05, 0) is 42.2 Å². The number of hydrogen-bond acceptors (Lipinski definition) is 6. The number of rotatable bonds is 8. The van der Waals surface area contributed by atoms with Crippen LogP contribution in [-0.2, 0) is 22.4 Å². The normalized spacial score (nSPS) is 18.9. The smallest absolute Gasteiger partial charge is 0.243 e. The summed E-state index contributed by atoms with van der Waals surface area (Å²) < 4.78 is 45.1. The van der Waals surface area contributed by atoms with E-state index in [1.54, 1.807) is 12.3 Å². The van der Waals surface area contributed by atoms with Crippen molar-refractivity contribution in [3.8, 4) is 11.5 Å². The number of allylic oxidation sites excluding steroid dienone is 1. The second kappa shape index (κ2) is 10.4. The van der Waals surface area contributed by atoms with Crippen molar-refractivity contribution >= 4 is 17.8 Å². The van der Waals surface area contributed by atoms with Crippen LogP contribution in [0, 0.1) is 17.6 Å². The van der Waals surface area contributed by atoms with E-state index in [-0.39, 0.29) is 41.4 Å². The Labute approximate surface area is 201 Å². The van der Waals surface area contributed by atoms with Crippen molar-refractivity contribution in [1.29, 1.82) is 0 Å². The minimum absolute atomic E-state index is 0.0251. The van der Waals surface area contributed by atoms with Gasteiger partial charge in [0.25, 0.3) is 0 Å². The standard InChI is InChI=1S/C26H26F2N2O5/c1-4-22(31)30-19-5-6-35-13-17(19)10-18-9-14-7-15(8-16(14)12-29-18)26(32)23-24(27)20(33-2)11-21(34-3)25(23)28/h4,7,9,11-12,17,19H,1,5-6,8,10,13H2,2-3H3,(H,30,31). The highest BCUT2D eigenvalue weighted by Gasteiger charge is 2.31. The fraction of sp³-hybridized carbons (Fsp3) is 0.346. The number of amides is 1. The topological polar surface area (TPSA) is 86.8 Å². The number of nitrogens with one attached hydrogen (secondary N) is 1. The van der Waals surface area contributed by atoms with Gasteiger partial charge >= 0.3 is 0 Å². The zero-order valence-electron chi connectivity index (χ0n) is 19.5. The molecule has 2 atom stereocenters. The fourth-order valence-corrected chi connectivity index (χ4v) is 4.47. The highest BCUT2D eigenvalue weighted by molar-refractivity contribution is 6.13. The molecule has 1 aliphatic carbocycles. The molecule has 0 spiro atoms. The number of ether oxygens (including phenoxy) is 3. The van der Waals surface area contributed by atoms with Crippen LogP contribution in [0.5, 0.6) is 11.5 Å². The van der Waals surface area contributed by atoms with Crippen molar-refractivity contribution in [2.24, 2.45) is 5.92 Å². The first kappa shape index (κ1) is 24.5. The summed E-state index contributed by atoms with van der Waals surface area (Å²) in [5, 5.41) is 2.95. The van der Waals surface area contributed by atoms with Crippen LogP contribution in [0.1, 0.15) is 33.6 Å². The molecule has 4 rings (SSSR count). The largest absolute Gasteiger partial charge is 0.494 e. The zero-order chi connectivity index (χ0) is 25.1. The van der Waals surface area contributed by atoms with Crippen LogP contribution in [0.4, 0.5) is 8.78 Å². The van der Waals surface area contributed by atoms with Crippen molar-refractivity contribution in [1.82, 2.24) is 10.3 Å². The second-order valence-electron chi connectivity index (χ2n) is 8.48. The molecule has 35 heavy (non-hydrogen) atoms. The van der Waals surface area contributed by atoms with Gasteiger partial charge in [0, 0.05) is 48.5 Å². The van der Waals surface area contributed by atoms with Crippen LogP contribution in [0.15, 0.2) is 36.6 Å². The van der Waals surface area contributed by atoms with Gasteiger partial charge < -0.3 is 19.5 Å². The first-order valence-corrected chi connectivity index (χ1v) is 11.2. The Morgan fingerprint density at radius 2 is 1.94 bits per heavy atom. The molecule has 1 saturated heterocycles. The maximum absolute atomic E-state index is 14.8. The number of methoxy groups -OCH3 is 2. The van der Waals surface area contributed by atoms with Crippen molar-refractivity contribution in [2.75, 3.05) is 27.4 Å². The Balaban J connectivity index is 1.57. The van der Waals surface area contributed by atoms with Gasteiger partial charge in [-0.3, -0.25) is 14.6 Å². The molecule has 0 bridgehead atoms. The van der Waals surface area contributed by atoms with E-state index in [0.717, 1.165) is 22.9 Å². The molecule has 9 heteroatoms. The number of hydrogen-bond donors (Lipinski definition) is 1.